The summed E-state index contributed by atoms with van der Waals surface area (Å²) in [6, 6.07) is 9.04. The van der Waals surface area contributed by atoms with Crippen molar-refractivity contribution in [1.29, 1.82) is 0 Å². The van der Waals surface area contributed by atoms with E-state index in [-0.39, 0.29) is 17.2 Å². The van der Waals surface area contributed by atoms with E-state index in [1.54, 1.807) is 6.20 Å². The molecular weight excluding hydrogens is 556 g/mol. The van der Waals surface area contributed by atoms with Crippen LogP contribution >= 0.6 is 0 Å². The molecule has 5 N–H and O–H groups in total. The predicted octanol–water partition coefficient (Wildman–Crippen LogP) is 3.21. The fourth-order valence-electron chi connectivity index (χ4n) is 7.18. The summed E-state index contributed by atoms with van der Waals surface area (Å²) in [4.78, 5) is 29.9. The maximum Gasteiger partial charge on any atom is 0.271 e. The minimum atomic E-state index is -0.645. The number of benzene rings is 1. The highest BCUT2D eigenvalue weighted by atomic mass is 16.5. The number of piperazine rings is 1. The van der Waals surface area contributed by atoms with Crippen LogP contribution in [0.3, 0.4) is 0 Å². The quantitative estimate of drug-likeness (QED) is 0.305. The Morgan fingerprint density at radius 3 is 2.52 bits per heavy atom. The molecule has 1 aliphatic carbocycles. The maximum absolute atomic E-state index is 12.6. The molecule has 234 valence electrons. The Morgan fingerprint density at radius 2 is 1.84 bits per heavy atom. The number of nitrogens with one attached hydrogen (secondary N) is 3. The third-order valence-electron chi connectivity index (χ3n) is 10.1. The van der Waals surface area contributed by atoms with Gasteiger partial charge in [0.15, 0.2) is 17.3 Å². The summed E-state index contributed by atoms with van der Waals surface area (Å²) in [6.07, 6.45) is 7.17. The summed E-state index contributed by atoms with van der Waals surface area (Å²) in [5.74, 6) is 0.283. The Kier molecular flexibility index (Phi) is 7.90. The van der Waals surface area contributed by atoms with E-state index in [0.717, 1.165) is 57.7 Å². The highest BCUT2D eigenvalue weighted by Crippen LogP contribution is 2.52. The van der Waals surface area contributed by atoms with Crippen molar-refractivity contribution in [3.63, 3.8) is 0 Å². The molecule has 12 nitrogen and oxygen atoms in total. The van der Waals surface area contributed by atoms with E-state index in [2.05, 4.69) is 67.7 Å². The number of aryl methyl sites for hydroxylation is 1. The van der Waals surface area contributed by atoms with Gasteiger partial charge in [0.1, 0.15) is 5.69 Å². The summed E-state index contributed by atoms with van der Waals surface area (Å²) in [6.45, 7) is 10.4. The number of carbonyl (C=O) groups excluding carboxylic acids is 1. The number of aromatic amines is 1. The predicted molar refractivity (Wildman–Crippen MR) is 171 cm³/mol. The van der Waals surface area contributed by atoms with Crippen LogP contribution in [0.4, 0.5) is 23.0 Å². The van der Waals surface area contributed by atoms with Gasteiger partial charge in [0.25, 0.3) is 5.91 Å². The van der Waals surface area contributed by atoms with Gasteiger partial charge in [-0.05, 0) is 75.9 Å². The van der Waals surface area contributed by atoms with E-state index in [9.17, 15) is 4.79 Å². The molecule has 4 fully saturated rings. The number of nitrogens with zero attached hydrogens (tertiary/aromatic N) is 6. The average Bonchev–Trinajstić information content (AvgIpc) is 3.57. The van der Waals surface area contributed by atoms with Crippen LogP contribution in [0.2, 0.25) is 0 Å². The minimum Gasteiger partial charge on any atom is -0.381 e. The molecule has 3 aromatic rings. The number of anilines is 4. The second-order valence-corrected chi connectivity index (χ2v) is 13.0. The summed E-state index contributed by atoms with van der Waals surface area (Å²) in [7, 11) is 2.21. The molecule has 0 radical (unpaired) electrons. The van der Waals surface area contributed by atoms with Gasteiger partial charge in [0.05, 0.1) is 12.3 Å². The standard InChI is InChI=1S/C32H44N10O2/c1-21-19-22(3-4-25(21)42-12-6-23(7-13-42)41-16-14-40(2)15-17-41)35-31-28(29(33)43)37-27(24-5-11-34-39-24)30(38-31)36-26-8-18-44-20-32(26)9-10-32/h3-5,11,19,23,26H,6-10,12-18,20H2,1-2H3,(H2,33,43)(H,34,39)(H2,35,36,38). The van der Waals surface area contributed by atoms with E-state index in [1.165, 1.54) is 37.2 Å². The molecule has 4 aliphatic rings. The number of amides is 1. The maximum atomic E-state index is 12.6. The number of primary amides is 1. The van der Waals surface area contributed by atoms with Crippen LogP contribution in [-0.2, 0) is 4.74 Å². The van der Waals surface area contributed by atoms with Crippen LogP contribution in [0, 0.1) is 12.3 Å². The molecule has 0 bridgehead atoms. The van der Waals surface area contributed by atoms with Crippen LogP contribution in [0.15, 0.2) is 30.5 Å². The van der Waals surface area contributed by atoms with Crippen LogP contribution < -0.4 is 21.3 Å². The lowest BCUT2D eigenvalue weighted by Gasteiger charge is -2.43. The van der Waals surface area contributed by atoms with Crippen molar-refractivity contribution < 1.29 is 9.53 Å². The summed E-state index contributed by atoms with van der Waals surface area (Å²) in [5, 5.41) is 14.1. The van der Waals surface area contributed by atoms with Gasteiger partial charge < -0.3 is 30.9 Å². The highest BCUT2D eigenvalue weighted by Gasteiger charge is 2.51. The number of likely N-dealkylation sites (N-methyl/N-ethyl adjacent to an activating group) is 1. The zero-order valence-electron chi connectivity index (χ0n) is 25.8. The van der Waals surface area contributed by atoms with Crippen molar-refractivity contribution in [2.24, 2.45) is 11.1 Å². The first-order valence-electron chi connectivity index (χ1n) is 16.0. The van der Waals surface area contributed by atoms with Gasteiger partial charge in [0.2, 0.25) is 0 Å². The van der Waals surface area contributed by atoms with Crippen LogP contribution in [0.1, 0.15) is 48.2 Å². The SMILES string of the molecule is Cc1cc(Nc2nc(NC3CCOCC34CC4)c(-c3ccn[nH]3)nc2C(N)=O)ccc1N1CCC(N2CCN(C)CC2)CC1. The fourth-order valence-corrected chi connectivity index (χ4v) is 7.18. The first kappa shape index (κ1) is 29.0. The lowest BCUT2D eigenvalue weighted by molar-refractivity contribution is 0.0351. The van der Waals surface area contributed by atoms with Gasteiger partial charge in [-0.1, -0.05) is 0 Å². The van der Waals surface area contributed by atoms with E-state index < -0.39 is 5.91 Å². The van der Waals surface area contributed by atoms with Gasteiger partial charge in [-0.15, -0.1) is 0 Å². The molecule has 1 aromatic carbocycles. The number of carbonyl (C=O) groups is 1. The Labute approximate surface area is 258 Å². The van der Waals surface area contributed by atoms with Crippen molar-refractivity contribution in [3.8, 4) is 11.4 Å². The summed E-state index contributed by atoms with van der Waals surface area (Å²) in [5.41, 5.74) is 10.5. The Hall–Kier alpha value is -3.74. The zero-order chi connectivity index (χ0) is 30.3. The smallest absolute Gasteiger partial charge is 0.271 e. The first-order chi connectivity index (χ1) is 21.4. The molecule has 44 heavy (non-hydrogen) atoms. The monoisotopic (exact) mass is 600 g/mol. The van der Waals surface area contributed by atoms with E-state index >= 15 is 0 Å². The molecule has 3 saturated heterocycles. The van der Waals surface area contributed by atoms with Gasteiger partial charge in [0, 0.05) is 80.9 Å². The molecule has 1 unspecified atom stereocenters. The fraction of sp³-hybridized carbons (Fsp3) is 0.562. The number of nitrogens with two attached hydrogens (primary N) is 1. The van der Waals surface area contributed by atoms with Crippen molar-refractivity contribution in [1.82, 2.24) is 30.0 Å². The van der Waals surface area contributed by atoms with Crippen molar-refractivity contribution in [3.05, 3.63) is 41.7 Å². The van der Waals surface area contributed by atoms with Gasteiger partial charge >= 0.3 is 0 Å². The molecule has 12 heteroatoms. The van der Waals surface area contributed by atoms with Gasteiger partial charge in [-0.3, -0.25) is 14.8 Å². The highest BCUT2D eigenvalue weighted by molar-refractivity contribution is 5.97. The average molecular weight is 601 g/mol. The molecule has 5 heterocycles. The number of hydrogen-bond acceptors (Lipinski definition) is 10. The minimum absolute atomic E-state index is 0.0842. The molecule has 3 aliphatic heterocycles. The van der Waals surface area contributed by atoms with Crippen LogP contribution in [-0.4, -0.2) is 107 Å². The first-order valence-corrected chi connectivity index (χ1v) is 16.0. The van der Waals surface area contributed by atoms with Crippen molar-refractivity contribution in [2.75, 3.05) is 75.1 Å². The van der Waals surface area contributed by atoms with E-state index in [4.69, 9.17) is 20.4 Å². The zero-order valence-corrected chi connectivity index (χ0v) is 25.8. The molecule has 1 atom stereocenters. The second-order valence-electron chi connectivity index (χ2n) is 13.0. The number of ether oxygens (including phenoxy) is 1. The topological polar surface area (TPSA) is 141 Å². The number of H-pyrrole nitrogens is 1. The lowest BCUT2D eigenvalue weighted by atomic mass is 9.92. The Morgan fingerprint density at radius 1 is 1.05 bits per heavy atom. The summed E-state index contributed by atoms with van der Waals surface area (Å²) >= 11 is 0. The molecule has 7 rings (SSSR count). The largest absolute Gasteiger partial charge is 0.381 e. The van der Waals surface area contributed by atoms with Crippen LogP contribution in [0.5, 0.6) is 0 Å². The normalized spacial score (nSPS) is 22.7. The van der Waals surface area contributed by atoms with E-state index in [0.29, 0.717) is 35.7 Å². The number of piperidine rings is 1. The molecule has 1 spiro atoms. The number of aromatic nitrogens is 4. The Bertz CT molecular complexity index is 1470. The Balaban J connectivity index is 1.11. The molecular formula is C32H44N10O2. The second kappa shape index (κ2) is 12.0. The molecule has 1 amide bonds. The number of rotatable bonds is 8. The molecule has 1 saturated carbocycles. The van der Waals surface area contributed by atoms with Crippen molar-refractivity contribution in [2.45, 2.75) is 51.1 Å². The third kappa shape index (κ3) is 5.85. The summed E-state index contributed by atoms with van der Waals surface area (Å²) < 4.78 is 5.80. The molecule has 2 aromatic heterocycles. The third-order valence-corrected chi connectivity index (χ3v) is 10.1. The van der Waals surface area contributed by atoms with Crippen LogP contribution in [0.25, 0.3) is 11.4 Å². The van der Waals surface area contributed by atoms with Gasteiger partial charge in [-0.2, -0.15) is 5.10 Å². The van der Waals surface area contributed by atoms with E-state index in [1.807, 2.05) is 6.07 Å². The van der Waals surface area contributed by atoms with Crippen molar-refractivity contribution >= 4 is 28.9 Å². The number of hydrogen-bond donors (Lipinski definition) is 4. The lowest BCUT2D eigenvalue weighted by Crippen LogP contribution is -2.52. The van der Waals surface area contributed by atoms with Gasteiger partial charge in [-0.25, -0.2) is 9.97 Å².